The predicted octanol–water partition coefficient (Wildman–Crippen LogP) is -0.355. The second kappa shape index (κ2) is 4.91. The maximum absolute atomic E-state index is 11.8. The average Bonchev–Trinajstić information content (AvgIpc) is 2.68. The zero-order chi connectivity index (χ0) is 13.2. The Morgan fingerprint density at radius 1 is 1.72 bits per heavy atom. The summed E-state index contributed by atoms with van der Waals surface area (Å²) >= 11 is 0. The number of carbonyl (C=O) groups excluding carboxylic acids is 1. The van der Waals surface area contributed by atoms with Crippen molar-refractivity contribution >= 4 is 5.91 Å². The molecule has 1 saturated heterocycles. The maximum Gasteiger partial charge on any atom is 0.260 e. The third kappa shape index (κ3) is 2.44. The summed E-state index contributed by atoms with van der Waals surface area (Å²) in [7, 11) is 0. The van der Waals surface area contributed by atoms with E-state index < -0.39 is 17.1 Å². The lowest BCUT2D eigenvalue weighted by atomic mass is 9.96. The van der Waals surface area contributed by atoms with E-state index >= 15 is 0 Å². The molecule has 0 aromatic carbocycles. The molecule has 2 unspecified atom stereocenters. The Bertz CT molecular complexity index is 499. The van der Waals surface area contributed by atoms with Crippen LogP contribution in [0.15, 0.2) is 23.1 Å². The number of rotatable bonds is 3. The topological polar surface area (TPSA) is 91.4 Å². The van der Waals surface area contributed by atoms with Crippen molar-refractivity contribution in [3.8, 4) is 0 Å². The van der Waals surface area contributed by atoms with Crippen LogP contribution in [0.5, 0.6) is 0 Å². The molecule has 3 N–H and O–H groups in total. The first-order valence-corrected chi connectivity index (χ1v) is 5.83. The lowest BCUT2D eigenvalue weighted by Crippen LogP contribution is -2.48. The van der Waals surface area contributed by atoms with Gasteiger partial charge in [-0.1, -0.05) is 0 Å². The summed E-state index contributed by atoms with van der Waals surface area (Å²) in [6, 6.07) is 3.01. The molecule has 1 aromatic heterocycles. The molecule has 2 atom stereocenters. The monoisotopic (exact) mass is 252 g/mol. The molecular weight excluding hydrogens is 236 g/mol. The zero-order valence-corrected chi connectivity index (χ0v) is 10.1. The van der Waals surface area contributed by atoms with Crippen LogP contribution in [0.1, 0.15) is 23.7 Å². The van der Waals surface area contributed by atoms with Gasteiger partial charge in [-0.2, -0.15) is 0 Å². The smallest absolute Gasteiger partial charge is 0.260 e. The van der Waals surface area contributed by atoms with Gasteiger partial charge in [0.05, 0.1) is 6.10 Å². The summed E-state index contributed by atoms with van der Waals surface area (Å²) in [4.78, 5) is 25.6. The standard InChI is InChI=1S/C12H16N2O4/c1-8-12(17,4-6-18-8)7-14-11(16)9-3-2-5-13-10(9)15/h2-3,5,8,17H,4,6-7H2,1H3,(H,13,15)(H,14,16). The van der Waals surface area contributed by atoms with Crippen molar-refractivity contribution in [2.24, 2.45) is 0 Å². The molecule has 1 aliphatic rings. The fourth-order valence-corrected chi connectivity index (χ4v) is 1.93. The van der Waals surface area contributed by atoms with E-state index in [1.807, 2.05) is 0 Å². The number of amides is 1. The number of aromatic nitrogens is 1. The number of pyridine rings is 1. The molecule has 1 aromatic rings. The van der Waals surface area contributed by atoms with E-state index in [2.05, 4.69) is 10.3 Å². The van der Waals surface area contributed by atoms with Crippen LogP contribution in [0, 0.1) is 0 Å². The molecule has 1 fully saturated rings. The van der Waals surface area contributed by atoms with Gasteiger partial charge in [-0.3, -0.25) is 9.59 Å². The van der Waals surface area contributed by atoms with Gasteiger partial charge in [-0.15, -0.1) is 0 Å². The Labute approximate surface area is 104 Å². The van der Waals surface area contributed by atoms with E-state index in [1.54, 1.807) is 13.0 Å². The molecule has 0 aliphatic carbocycles. The summed E-state index contributed by atoms with van der Waals surface area (Å²) in [5, 5.41) is 12.8. The van der Waals surface area contributed by atoms with Gasteiger partial charge in [0.25, 0.3) is 11.5 Å². The van der Waals surface area contributed by atoms with Gasteiger partial charge >= 0.3 is 0 Å². The molecule has 1 aliphatic heterocycles. The van der Waals surface area contributed by atoms with Crippen molar-refractivity contribution in [1.82, 2.24) is 10.3 Å². The second-order valence-electron chi connectivity index (χ2n) is 4.46. The van der Waals surface area contributed by atoms with Gasteiger partial charge in [-0.25, -0.2) is 0 Å². The number of ether oxygens (including phenoxy) is 1. The van der Waals surface area contributed by atoms with Crippen molar-refractivity contribution < 1.29 is 14.6 Å². The summed E-state index contributed by atoms with van der Waals surface area (Å²) in [6.45, 7) is 2.30. The minimum absolute atomic E-state index is 0.0349. The molecule has 18 heavy (non-hydrogen) atoms. The number of carbonyl (C=O) groups is 1. The minimum atomic E-state index is -1.06. The van der Waals surface area contributed by atoms with Crippen molar-refractivity contribution in [2.45, 2.75) is 25.0 Å². The van der Waals surface area contributed by atoms with Gasteiger partial charge in [0, 0.05) is 25.8 Å². The number of aromatic amines is 1. The highest BCUT2D eigenvalue weighted by Crippen LogP contribution is 2.24. The highest BCUT2D eigenvalue weighted by molar-refractivity contribution is 5.93. The first-order valence-electron chi connectivity index (χ1n) is 5.83. The van der Waals surface area contributed by atoms with Crippen molar-refractivity contribution in [3.05, 3.63) is 34.2 Å². The lowest BCUT2D eigenvalue weighted by molar-refractivity contribution is -0.0251. The second-order valence-corrected chi connectivity index (χ2v) is 4.46. The van der Waals surface area contributed by atoms with Crippen LogP contribution in [0.4, 0.5) is 0 Å². The molecule has 0 saturated carbocycles. The van der Waals surface area contributed by atoms with Crippen molar-refractivity contribution in [2.75, 3.05) is 13.2 Å². The van der Waals surface area contributed by atoms with Crippen LogP contribution in [0.25, 0.3) is 0 Å². The quantitative estimate of drug-likeness (QED) is 0.685. The van der Waals surface area contributed by atoms with Crippen molar-refractivity contribution in [1.29, 1.82) is 0 Å². The normalized spacial score (nSPS) is 27.1. The van der Waals surface area contributed by atoms with E-state index in [-0.39, 0.29) is 18.2 Å². The Morgan fingerprint density at radius 3 is 3.11 bits per heavy atom. The highest BCUT2D eigenvalue weighted by atomic mass is 16.5. The molecule has 0 bridgehead atoms. The Balaban J connectivity index is 2.01. The lowest BCUT2D eigenvalue weighted by Gasteiger charge is -2.26. The Kier molecular flexibility index (Phi) is 3.49. The van der Waals surface area contributed by atoms with E-state index in [0.717, 1.165) is 0 Å². The van der Waals surface area contributed by atoms with Crippen LogP contribution in [0.2, 0.25) is 0 Å². The van der Waals surface area contributed by atoms with E-state index in [0.29, 0.717) is 13.0 Å². The molecule has 98 valence electrons. The molecule has 2 heterocycles. The van der Waals surface area contributed by atoms with Crippen LogP contribution in [0.3, 0.4) is 0 Å². The number of H-pyrrole nitrogens is 1. The summed E-state index contributed by atoms with van der Waals surface area (Å²) < 4.78 is 5.26. The number of hydrogen-bond donors (Lipinski definition) is 3. The van der Waals surface area contributed by atoms with E-state index in [9.17, 15) is 14.7 Å². The third-order valence-electron chi connectivity index (χ3n) is 3.28. The molecule has 2 rings (SSSR count). The molecule has 0 spiro atoms. The third-order valence-corrected chi connectivity index (χ3v) is 3.28. The van der Waals surface area contributed by atoms with Crippen LogP contribution >= 0.6 is 0 Å². The SMILES string of the molecule is CC1OCCC1(O)CNC(=O)c1ccc[nH]c1=O. The summed E-state index contributed by atoms with van der Waals surface area (Å²) in [5.74, 6) is -0.496. The van der Waals surface area contributed by atoms with Crippen LogP contribution in [-0.4, -0.2) is 40.9 Å². The first-order chi connectivity index (χ1) is 8.53. The van der Waals surface area contributed by atoms with Gasteiger partial charge in [0.2, 0.25) is 0 Å². The number of nitrogens with one attached hydrogen (secondary N) is 2. The highest BCUT2D eigenvalue weighted by Gasteiger charge is 2.39. The molecular formula is C12H16N2O4. The van der Waals surface area contributed by atoms with Gasteiger partial charge in [0.15, 0.2) is 0 Å². The zero-order valence-electron chi connectivity index (χ0n) is 10.1. The van der Waals surface area contributed by atoms with E-state index in [1.165, 1.54) is 12.3 Å². The molecule has 0 radical (unpaired) electrons. The molecule has 6 nitrogen and oxygen atoms in total. The number of aliphatic hydroxyl groups is 1. The first kappa shape index (κ1) is 12.8. The fourth-order valence-electron chi connectivity index (χ4n) is 1.93. The Hall–Kier alpha value is -1.66. The largest absolute Gasteiger partial charge is 0.385 e. The van der Waals surface area contributed by atoms with Crippen LogP contribution in [-0.2, 0) is 4.74 Å². The molecule has 1 amide bonds. The maximum atomic E-state index is 11.8. The fraction of sp³-hybridized carbons (Fsp3) is 0.500. The van der Waals surface area contributed by atoms with Gasteiger partial charge in [-0.05, 0) is 19.1 Å². The van der Waals surface area contributed by atoms with E-state index in [4.69, 9.17) is 4.74 Å². The number of hydrogen-bond acceptors (Lipinski definition) is 4. The van der Waals surface area contributed by atoms with Crippen LogP contribution < -0.4 is 10.9 Å². The summed E-state index contributed by atoms with van der Waals surface area (Å²) in [5.41, 5.74) is -1.47. The van der Waals surface area contributed by atoms with Crippen molar-refractivity contribution in [3.63, 3.8) is 0 Å². The Morgan fingerprint density at radius 2 is 2.50 bits per heavy atom. The average molecular weight is 252 g/mol. The van der Waals surface area contributed by atoms with Gasteiger partial charge < -0.3 is 20.1 Å². The van der Waals surface area contributed by atoms with Gasteiger partial charge in [0.1, 0.15) is 11.2 Å². The minimum Gasteiger partial charge on any atom is -0.385 e. The predicted molar refractivity (Wildman–Crippen MR) is 64.4 cm³/mol. The molecule has 6 heteroatoms. The summed E-state index contributed by atoms with van der Waals surface area (Å²) in [6.07, 6.45) is 1.60.